The molecule has 6 heteroatoms. The molecule has 2 aromatic rings. The van der Waals surface area contributed by atoms with Crippen LogP contribution in [0.5, 0.6) is 0 Å². The predicted octanol–water partition coefficient (Wildman–Crippen LogP) is 2.24. The van der Waals surface area contributed by atoms with Gasteiger partial charge in [0.05, 0.1) is 0 Å². The van der Waals surface area contributed by atoms with Crippen LogP contribution in [-0.2, 0) is 7.05 Å². The highest BCUT2D eigenvalue weighted by atomic mass is 16.1. The molecule has 6 nitrogen and oxygen atoms in total. The average Bonchev–Trinajstić information content (AvgIpc) is 2.99. The van der Waals surface area contributed by atoms with Crippen LogP contribution >= 0.6 is 0 Å². The summed E-state index contributed by atoms with van der Waals surface area (Å²) in [6.07, 6.45) is 4.20. The lowest BCUT2D eigenvalue weighted by molar-refractivity contribution is 0.0939. The summed E-state index contributed by atoms with van der Waals surface area (Å²) in [7, 11) is 4.03. The Balaban J connectivity index is 1.50. The number of anilines is 2. The minimum absolute atomic E-state index is 0.00156. The summed E-state index contributed by atoms with van der Waals surface area (Å²) >= 11 is 0. The van der Waals surface area contributed by atoms with E-state index in [4.69, 9.17) is 0 Å². The number of aryl methyl sites for hydroxylation is 1. The molecule has 0 saturated carbocycles. The number of likely N-dealkylation sites (tertiary alicyclic amines) is 1. The van der Waals surface area contributed by atoms with Crippen molar-refractivity contribution >= 4 is 17.4 Å². The highest BCUT2D eigenvalue weighted by Gasteiger charge is 2.17. The van der Waals surface area contributed by atoms with Gasteiger partial charge in [-0.15, -0.1) is 0 Å². The second-order valence-corrected chi connectivity index (χ2v) is 6.53. The van der Waals surface area contributed by atoms with Crippen LogP contribution in [-0.4, -0.2) is 47.3 Å². The number of benzene rings is 1. The molecular formula is C18H25N5O. The zero-order valence-electron chi connectivity index (χ0n) is 14.3. The van der Waals surface area contributed by atoms with Gasteiger partial charge in [0, 0.05) is 37.1 Å². The first kappa shape index (κ1) is 16.5. The number of aromatic nitrogens is 2. The van der Waals surface area contributed by atoms with E-state index in [0.29, 0.717) is 11.5 Å². The van der Waals surface area contributed by atoms with E-state index in [1.807, 2.05) is 43.6 Å². The molecule has 0 spiro atoms. The fourth-order valence-electron chi connectivity index (χ4n) is 2.94. The normalized spacial score (nSPS) is 16.1. The molecular weight excluding hydrogens is 302 g/mol. The predicted molar refractivity (Wildman–Crippen MR) is 95.5 cm³/mol. The Morgan fingerprint density at radius 2 is 1.88 bits per heavy atom. The summed E-state index contributed by atoms with van der Waals surface area (Å²) in [6, 6.07) is 9.39. The van der Waals surface area contributed by atoms with Gasteiger partial charge in [0.1, 0.15) is 0 Å². The van der Waals surface area contributed by atoms with Crippen LogP contribution in [0.15, 0.2) is 36.5 Å². The van der Waals surface area contributed by atoms with E-state index in [9.17, 15) is 4.79 Å². The smallest absolute Gasteiger partial charge is 0.251 e. The van der Waals surface area contributed by atoms with Crippen LogP contribution in [0.4, 0.5) is 11.5 Å². The number of carbonyl (C=O) groups is 1. The van der Waals surface area contributed by atoms with Crippen molar-refractivity contribution in [2.24, 2.45) is 13.0 Å². The first-order chi connectivity index (χ1) is 11.6. The molecule has 0 radical (unpaired) electrons. The summed E-state index contributed by atoms with van der Waals surface area (Å²) in [6.45, 7) is 3.00. The number of piperidine rings is 1. The summed E-state index contributed by atoms with van der Waals surface area (Å²) in [5.41, 5.74) is 1.61. The Labute approximate surface area is 142 Å². The summed E-state index contributed by atoms with van der Waals surface area (Å²) in [5, 5.41) is 10.5. The lowest BCUT2D eigenvalue weighted by Crippen LogP contribution is -2.36. The standard InChI is InChI=1S/C18H25N5O/c1-22-10-7-14(8-11-22)13-19-18(24)15-3-5-16(6-4-15)20-17-9-12-23(2)21-17/h3-6,9,12,14H,7-8,10-11,13H2,1-2H3,(H,19,24)(H,20,21). The molecule has 1 aromatic carbocycles. The molecule has 1 saturated heterocycles. The van der Waals surface area contributed by atoms with Crippen molar-refractivity contribution in [1.29, 1.82) is 0 Å². The molecule has 0 bridgehead atoms. The number of nitrogens with one attached hydrogen (secondary N) is 2. The Kier molecular flexibility index (Phi) is 5.15. The molecule has 0 aliphatic carbocycles. The second kappa shape index (κ2) is 7.49. The van der Waals surface area contributed by atoms with Crippen LogP contribution in [0.2, 0.25) is 0 Å². The van der Waals surface area contributed by atoms with E-state index < -0.39 is 0 Å². The quantitative estimate of drug-likeness (QED) is 0.884. The van der Waals surface area contributed by atoms with Gasteiger partial charge in [-0.3, -0.25) is 9.48 Å². The molecule has 1 aliphatic rings. The number of hydrogen-bond donors (Lipinski definition) is 2. The van der Waals surface area contributed by atoms with Gasteiger partial charge in [-0.1, -0.05) is 0 Å². The van der Waals surface area contributed by atoms with Crippen LogP contribution in [0.25, 0.3) is 0 Å². The first-order valence-electron chi connectivity index (χ1n) is 8.43. The SMILES string of the molecule is CN1CCC(CNC(=O)c2ccc(Nc3ccn(C)n3)cc2)CC1. The van der Waals surface area contributed by atoms with Gasteiger partial charge in [0.15, 0.2) is 5.82 Å². The minimum Gasteiger partial charge on any atom is -0.352 e. The number of nitrogens with zero attached hydrogens (tertiary/aromatic N) is 3. The monoisotopic (exact) mass is 327 g/mol. The van der Waals surface area contributed by atoms with E-state index in [0.717, 1.165) is 44.0 Å². The molecule has 1 amide bonds. The van der Waals surface area contributed by atoms with Gasteiger partial charge in [0.2, 0.25) is 0 Å². The van der Waals surface area contributed by atoms with Gasteiger partial charge >= 0.3 is 0 Å². The molecule has 2 heterocycles. The third kappa shape index (κ3) is 4.35. The van der Waals surface area contributed by atoms with Crippen molar-refractivity contribution in [2.75, 3.05) is 32.0 Å². The third-order valence-electron chi connectivity index (χ3n) is 4.52. The lowest BCUT2D eigenvalue weighted by Gasteiger charge is -2.28. The van der Waals surface area contributed by atoms with E-state index in [1.54, 1.807) is 4.68 Å². The fraction of sp³-hybridized carbons (Fsp3) is 0.444. The fourth-order valence-corrected chi connectivity index (χ4v) is 2.94. The highest BCUT2D eigenvalue weighted by Crippen LogP contribution is 2.17. The molecule has 1 aromatic heterocycles. The molecule has 128 valence electrons. The number of amides is 1. The maximum absolute atomic E-state index is 12.3. The number of hydrogen-bond acceptors (Lipinski definition) is 4. The van der Waals surface area contributed by atoms with E-state index in [1.165, 1.54) is 0 Å². The minimum atomic E-state index is -0.00156. The molecule has 0 unspecified atom stereocenters. The Hall–Kier alpha value is -2.34. The van der Waals surface area contributed by atoms with E-state index >= 15 is 0 Å². The molecule has 1 fully saturated rings. The highest BCUT2D eigenvalue weighted by molar-refractivity contribution is 5.94. The van der Waals surface area contributed by atoms with Gasteiger partial charge in [-0.2, -0.15) is 5.10 Å². The molecule has 24 heavy (non-hydrogen) atoms. The second-order valence-electron chi connectivity index (χ2n) is 6.53. The van der Waals surface area contributed by atoms with Gasteiger partial charge < -0.3 is 15.5 Å². The van der Waals surface area contributed by atoms with Crippen LogP contribution in [0.1, 0.15) is 23.2 Å². The number of carbonyl (C=O) groups excluding carboxylic acids is 1. The van der Waals surface area contributed by atoms with E-state index in [-0.39, 0.29) is 5.91 Å². The lowest BCUT2D eigenvalue weighted by atomic mass is 9.97. The Morgan fingerprint density at radius 3 is 2.50 bits per heavy atom. The van der Waals surface area contributed by atoms with Gasteiger partial charge in [-0.05, 0) is 63.2 Å². The maximum Gasteiger partial charge on any atom is 0.251 e. The summed E-state index contributed by atoms with van der Waals surface area (Å²) < 4.78 is 1.74. The molecule has 1 aliphatic heterocycles. The van der Waals surface area contributed by atoms with E-state index in [2.05, 4.69) is 27.7 Å². The molecule has 2 N–H and O–H groups in total. The first-order valence-corrected chi connectivity index (χ1v) is 8.43. The Morgan fingerprint density at radius 1 is 1.17 bits per heavy atom. The largest absolute Gasteiger partial charge is 0.352 e. The van der Waals surface area contributed by atoms with Crippen molar-refractivity contribution in [3.63, 3.8) is 0 Å². The van der Waals surface area contributed by atoms with Crippen molar-refractivity contribution < 1.29 is 4.79 Å². The topological polar surface area (TPSA) is 62.2 Å². The van der Waals surface area contributed by atoms with Crippen LogP contribution in [0, 0.1) is 5.92 Å². The third-order valence-corrected chi connectivity index (χ3v) is 4.52. The van der Waals surface area contributed by atoms with Crippen molar-refractivity contribution in [2.45, 2.75) is 12.8 Å². The van der Waals surface area contributed by atoms with Gasteiger partial charge in [-0.25, -0.2) is 0 Å². The maximum atomic E-state index is 12.3. The Bertz CT molecular complexity index is 671. The average molecular weight is 327 g/mol. The summed E-state index contributed by atoms with van der Waals surface area (Å²) in [5.74, 6) is 1.38. The van der Waals surface area contributed by atoms with Crippen LogP contribution in [0.3, 0.4) is 0 Å². The van der Waals surface area contributed by atoms with Crippen LogP contribution < -0.4 is 10.6 Å². The van der Waals surface area contributed by atoms with Crippen molar-refractivity contribution in [3.05, 3.63) is 42.1 Å². The molecule has 0 atom stereocenters. The van der Waals surface area contributed by atoms with Crippen molar-refractivity contribution in [1.82, 2.24) is 20.0 Å². The number of rotatable bonds is 5. The summed E-state index contributed by atoms with van der Waals surface area (Å²) in [4.78, 5) is 14.6. The molecule has 3 rings (SSSR count). The zero-order chi connectivity index (χ0) is 16.9. The van der Waals surface area contributed by atoms with Crippen molar-refractivity contribution in [3.8, 4) is 0 Å². The zero-order valence-corrected chi connectivity index (χ0v) is 14.3. The van der Waals surface area contributed by atoms with Gasteiger partial charge in [0.25, 0.3) is 5.91 Å².